The molecule has 1 nitrogen and oxygen atoms in total. The van der Waals surface area contributed by atoms with Gasteiger partial charge in [-0.2, -0.15) is 11.8 Å². The van der Waals surface area contributed by atoms with Crippen LogP contribution in [0.5, 0.6) is 0 Å². The highest BCUT2D eigenvalue weighted by atomic mass is 32.2. The van der Waals surface area contributed by atoms with Crippen LogP contribution in [0.25, 0.3) is 0 Å². The van der Waals surface area contributed by atoms with Gasteiger partial charge in [-0.05, 0) is 36.3 Å². The summed E-state index contributed by atoms with van der Waals surface area (Å²) in [6.45, 7) is 7.79. The van der Waals surface area contributed by atoms with Crippen molar-refractivity contribution in [3.05, 3.63) is 35.4 Å². The Morgan fingerprint density at radius 3 is 2.33 bits per heavy atom. The van der Waals surface area contributed by atoms with Crippen LogP contribution < -0.4 is 5.32 Å². The van der Waals surface area contributed by atoms with E-state index in [2.05, 4.69) is 50.4 Å². The van der Waals surface area contributed by atoms with Crippen LogP contribution in [0.2, 0.25) is 0 Å². The van der Waals surface area contributed by atoms with E-state index in [0.717, 1.165) is 6.54 Å². The normalized spacial score (nSPS) is 12.6. The maximum Gasteiger partial charge on any atom is 0.0411 e. The SMILES string of the molecule is CCCNC(CSCC)c1ccc(CCC)cc1. The van der Waals surface area contributed by atoms with Crippen LogP contribution in [-0.4, -0.2) is 18.1 Å². The Bertz CT molecular complexity index is 299. The van der Waals surface area contributed by atoms with Gasteiger partial charge >= 0.3 is 0 Å². The van der Waals surface area contributed by atoms with E-state index in [4.69, 9.17) is 0 Å². The molecule has 0 radical (unpaired) electrons. The van der Waals surface area contributed by atoms with Gasteiger partial charge in [-0.25, -0.2) is 0 Å². The first kappa shape index (κ1) is 15.6. The van der Waals surface area contributed by atoms with Crippen molar-refractivity contribution >= 4 is 11.8 Å². The number of benzene rings is 1. The quantitative estimate of drug-likeness (QED) is 0.709. The Morgan fingerprint density at radius 2 is 1.78 bits per heavy atom. The molecule has 0 saturated carbocycles. The van der Waals surface area contributed by atoms with Crippen molar-refractivity contribution in [1.29, 1.82) is 0 Å². The second-order valence-electron chi connectivity index (χ2n) is 4.66. The van der Waals surface area contributed by atoms with Crippen LogP contribution in [0.15, 0.2) is 24.3 Å². The summed E-state index contributed by atoms with van der Waals surface area (Å²) in [6, 6.07) is 9.68. The molecule has 0 aliphatic heterocycles. The Labute approximate surface area is 117 Å². The fourth-order valence-electron chi connectivity index (χ4n) is 2.03. The van der Waals surface area contributed by atoms with Crippen LogP contribution >= 0.6 is 11.8 Å². The molecule has 102 valence electrons. The molecular formula is C16H27NS. The molecule has 1 aromatic rings. The van der Waals surface area contributed by atoms with Crippen LogP contribution in [0.3, 0.4) is 0 Å². The van der Waals surface area contributed by atoms with Gasteiger partial charge in [0.25, 0.3) is 0 Å². The third-order valence-electron chi connectivity index (χ3n) is 3.05. The Morgan fingerprint density at radius 1 is 1.06 bits per heavy atom. The summed E-state index contributed by atoms with van der Waals surface area (Å²) in [6.07, 6.45) is 3.61. The molecule has 1 atom stereocenters. The lowest BCUT2D eigenvalue weighted by atomic mass is 10.0. The lowest BCUT2D eigenvalue weighted by Crippen LogP contribution is -2.24. The number of thioether (sulfide) groups is 1. The topological polar surface area (TPSA) is 12.0 Å². The van der Waals surface area contributed by atoms with Gasteiger partial charge in [0.2, 0.25) is 0 Å². The summed E-state index contributed by atoms with van der Waals surface area (Å²) >= 11 is 2.01. The van der Waals surface area contributed by atoms with Crippen molar-refractivity contribution in [1.82, 2.24) is 5.32 Å². The predicted molar refractivity (Wildman–Crippen MR) is 84.5 cm³/mol. The number of hydrogen-bond donors (Lipinski definition) is 1. The summed E-state index contributed by atoms with van der Waals surface area (Å²) in [5.41, 5.74) is 2.89. The number of nitrogens with one attached hydrogen (secondary N) is 1. The van der Waals surface area contributed by atoms with Crippen molar-refractivity contribution < 1.29 is 0 Å². The minimum absolute atomic E-state index is 0.505. The highest BCUT2D eigenvalue weighted by Crippen LogP contribution is 2.19. The molecule has 0 saturated heterocycles. The predicted octanol–water partition coefficient (Wildman–Crippen LogP) is 4.43. The van der Waals surface area contributed by atoms with E-state index in [1.165, 1.54) is 41.9 Å². The molecule has 0 fully saturated rings. The monoisotopic (exact) mass is 265 g/mol. The van der Waals surface area contributed by atoms with Crippen molar-refractivity contribution in [2.45, 2.75) is 46.1 Å². The number of aryl methyl sites for hydroxylation is 1. The number of hydrogen-bond acceptors (Lipinski definition) is 2. The third-order valence-corrected chi connectivity index (χ3v) is 4.03. The highest BCUT2D eigenvalue weighted by Gasteiger charge is 2.09. The molecule has 0 aromatic heterocycles. The Hall–Kier alpha value is -0.470. The van der Waals surface area contributed by atoms with E-state index in [-0.39, 0.29) is 0 Å². The third kappa shape index (κ3) is 5.45. The van der Waals surface area contributed by atoms with E-state index in [1.807, 2.05) is 11.8 Å². The molecule has 0 aliphatic carbocycles. The van der Waals surface area contributed by atoms with E-state index in [1.54, 1.807) is 0 Å². The Balaban J connectivity index is 2.64. The molecule has 1 rings (SSSR count). The minimum atomic E-state index is 0.505. The summed E-state index contributed by atoms with van der Waals surface area (Å²) in [5.74, 6) is 2.36. The van der Waals surface area contributed by atoms with E-state index >= 15 is 0 Å². The minimum Gasteiger partial charge on any atom is -0.309 e. The first-order valence-electron chi connectivity index (χ1n) is 7.21. The molecule has 0 aliphatic rings. The van der Waals surface area contributed by atoms with Gasteiger partial charge in [0.05, 0.1) is 0 Å². The Kier molecular flexibility index (Phi) is 8.19. The summed E-state index contributed by atoms with van der Waals surface area (Å²) in [5, 5.41) is 3.65. The molecule has 0 spiro atoms. The molecule has 1 N–H and O–H groups in total. The number of rotatable bonds is 9. The van der Waals surface area contributed by atoms with Crippen molar-refractivity contribution in [2.24, 2.45) is 0 Å². The van der Waals surface area contributed by atoms with Crippen LogP contribution in [0, 0.1) is 0 Å². The first-order chi connectivity index (χ1) is 8.81. The zero-order valence-corrected chi connectivity index (χ0v) is 12.9. The highest BCUT2D eigenvalue weighted by molar-refractivity contribution is 7.99. The molecule has 1 unspecified atom stereocenters. The van der Waals surface area contributed by atoms with Gasteiger partial charge in [0.15, 0.2) is 0 Å². The maximum absolute atomic E-state index is 3.65. The molecule has 0 amide bonds. The van der Waals surface area contributed by atoms with Crippen LogP contribution in [-0.2, 0) is 6.42 Å². The molecule has 1 aromatic carbocycles. The van der Waals surface area contributed by atoms with Gasteiger partial charge in [0.1, 0.15) is 0 Å². The van der Waals surface area contributed by atoms with Crippen molar-refractivity contribution in [3.8, 4) is 0 Å². The zero-order chi connectivity index (χ0) is 13.2. The van der Waals surface area contributed by atoms with E-state index < -0.39 is 0 Å². The molecule has 2 heteroatoms. The second kappa shape index (κ2) is 9.46. The summed E-state index contributed by atoms with van der Waals surface area (Å²) in [4.78, 5) is 0. The van der Waals surface area contributed by atoms with Crippen LogP contribution in [0.1, 0.15) is 50.8 Å². The van der Waals surface area contributed by atoms with Gasteiger partial charge in [-0.1, -0.05) is 51.5 Å². The average molecular weight is 265 g/mol. The lowest BCUT2D eigenvalue weighted by Gasteiger charge is -2.18. The average Bonchev–Trinajstić information content (AvgIpc) is 2.41. The van der Waals surface area contributed by atoms with Gasteiger partial charge in [0, 0.05) is 11.8 Å². The molecule has 0 bridgehead atoms. The molecular weight excluding hydrogens is 238 g/mol. The van der Waals surface area contributed by atoms with Gasteiger partial charge < -0.3 is 5.32 Å². The fraction of sp³-hybridized carbons (Fsp3) is 0.625. The van der Waals surface area contributed by atoms with Crippen molar-refractivity contribution in [3.63, 3.8) is 0 Å². The maximum atomic E-state index is 3.65. The van der Waals surface area contributed by atoms with E-state index in [9.17, 15) is 0 Å². The summed E-state index contributed by atoms with van der Waals surface area (Å²) < 4.78 is 0. The fourth-order valence-corrected chi connectivity index (χ4v) is 2.81. The zero-order valence-electron chi connectivity index (χ0n) is 12.0. The van der Waals surface area contributed by atoms with Crippen molar-refractivity contribution in [2.75, 3.05) is 18.1 Å². The van der Waals surface area contributed by atoms with Crippen LogP contribution in [0.4, 0.5) is 0 Å². The van der Waals surface area contributed by atoms with Gasteiger partial charge in [-0.3, -0.25) is 0 Å². The standard InChI is InChI=1S/C16H27NS/c1-4-7-14-8-10-15(11-9-14)16(13-18-6-3)17-12-5-2/h8-11,16-17H,4-7,12-13H2,1-3H3. The summed E-state index contributed by atoms with van der Waals surface area (Å²) in [7, 11) is 0. The first-order valence-corrected chi connectivity index (χ1v) is 8.37. The lowest BCUT2D eigenvalue weighted by molar-refractivity contribution is 0.577. The largest absolute Gasteiger partial charge is 0.309 e. The molecule has 0 heterocycles. The smallest absolute Gasteiger partial charge is 0.0411 e. The van der Waals surface area contributed by atoms with Gasteiger partial charge in [-0.15, -0.1) is 0 Å². The molecule has 18 heavy (non-hydrogen) atoms. The second-order valence-corrected chi connectivity index (χ2v) is 5.98. The van der Waals surface area contributed by atoms with E-state index in [0.29, 0.717) is 6.04 Å².